The number of halogens is 4. The van der Waals surface area contributed by atoms with E-state index in [9.17, 15) is 18.0 Å². The van der Waals surface area contributed by atoms with E-state index in [1.165, 1.54) is 28.4 Å². The number of fused-ring (bicyclic) bond motifs is 1. The van der Waals surface area contributed by atoms with Gasteiger partial charge in [0.15, 0.2) is 5.82 Å². The molecule has 1 aromatic carbocycles. The molecule has 0 fully saturated rings. The van der Waals surface area contributed by atoms with Gasteiger partial charge in [0.2, 0.25) is 5.82 Å². The highest BCUT2D eigenvalue weighted by Gasteiger charge is 2.37. The van der Waals surface area contributed by atoms with E-state index < -0.39 is 22.7 Å². The van der Waals surface area contributed by atoms with Gasteiger partial charge < -0.3 is 9.47 Å². The van der Waals surface area contributed by atoms with Crippen LogP contribution in [0, 0.1) is 0 Å². The molecule has 1 amide bonds. The number of nitrogens with zero attached hydrogens (tertiary/aromatic N) is 5. The molecule has 0 bridgehead atoms. The third-order valence-corrected chi connectivity index (χ3v) is 5.77. The summed E-state index contributed by atoms with van der Waals surface area (Å²) in [5.74, 6) is 0.287. The summed E-state index contributed by atoms with van der Waals surface area (Å²) in [6.45, 7) is 2.18. The lowest BCUT2D eigenvalue weighted by atomic mass is 10.1. The Morgan fingerprint density at radius 3 is 2.71 bits per heavy atom. The second-order valence-corrected chi connectivity index (χ2v) is 7.65. The molecule has 3 aromatic rings. The Balaban J connectivity index is 1.66. The fourth-order valence-corrected chi connectivity index (χ4v) is 4.07. The molecule has 1 unspecified atom stereocenters. The molecule has 11 heteroatoms. The molecule has 146 valence electrons. The Morgan fingerprint density at radius 2 is 2.04 bits per heavy atom. The van der Waals surface area contributed by atoms with E-state index in [2.05, 4.69) is 15.2 Å². The van der Waals surface area contributed by atoms with Crippen LogP contribution in [0.1, 0.15) is 28.7 Å². The number of carbonyl (C=O) groups excluding carboxylic acids is 1. The van der Waals surface area contributed by atoms with Crippen molar-refractivity contribution in [1.29, 1.82) is 0 Å². The summed E-state index contributed by atoms with van der Waals surface area (Å²) in [6.07, 6.45) is -2.92. The zero-order valence-electron chi connectivity index (χ0n) is 14.4. The van der Waals surface area contributed by atoms with Gasteiger partial charge in [-0.05, 0) is 18.6 Å². The van der Waals surface area contributed by atoms with Crippen LogP contribution in [0.25, 0.3) is 10.7 Å². The number of thiazole rings is 1. The van der Waals surface area contributed by atoms with Crippen LogP contribution in [-0.2, 0) is 19.3 Å². The minimum Gasteiger partial charge on any atom is -0.327 e. The van der Waals surface area contributed by atoms with E-state index in [0.29, 0.717) is 12.4 Å². The topological polar surface area (TPSA) is 63.9 Å². The van der Waals surface area contributed by atoms with Crippen molar-refractivity contribution in [1.82, 2.24) is 24.6 Å². The zero-order chi connectivity index (χ0) is 20.1. The quantitative estimate of drug-likeness (QED) is 0.630. The van der Waals surface area contributed by atoms with Gasteiger partial charge in [-0.1, -0.05) is 23.7 Å². The molecule has 6 nitrogen and oxygen atoms in total. The van der Waals surface area contributed by atoms with Crippen LogP contribution in [0.2, 0.25) is 5.02 Å². The molecule has 2 aromatic heterocycles. The average molecular weight is 428 g/mol. The molecule has 0 saturated heterocycles. The van der Waals surface area contributed by atoms with Gasteiger partial charge in [0.1, 0.15) is 0 Å². The van der Waals surface area contributed by atoms with E-state index in [1.807, 2.05) is 6.92 Å². The van der Waals surface area contributed by atoms with Crippen LogP contribution >= 0.6 is 22.9 Å². The first-order chi connectivity index (χ1) is 13.3. The van der Waals surface area contributed by atoms with Gasteiger partial charge in [-0.3, -0.25) is 9.78 Å². The van der Waals surface area contributed by atoms with Gasteiger partial charge in [-0.2, -0.15) is 13.2 Å². The third-order valence-electron chi connectivity index (χ3n) is 4.56. The highest BCUT2D eigenvalue weighted by molar-refractivity contribution is 7.13. The molecule has 0 aliphatic carbocycles. The maximum Gasteiger partial charge on any atom is 0.417 e. The number of hydrogen-bond acceptors (Lipinski definition) is 5. The minimum atomic E-state index is -4.56. The van der Waals surface area contributed by atoms with E-state index in [4.69, 9.17) is 11.6 Å². The Morgan fingerprint density at radius 1 is 1.29 bits per heavy atom. The van der Waals surface area contributed by atoms with Gasteiger partial charge in [0, 0.05) is 25.3 Å². The fraction of sp³-hybridized carbons (Fsp3) is 0.294. The molecule has 1 atom stereocenters. The summed E-state index contributed by atoms with van der Waals surface area (Å²) in [5.41, 5.74) is 0.972. The maximum absolute atomic E-state index is 13.1. The summed E-state index contributed by atoms with van der Waals surface area (Å²) >= 11 is 7.37. The molecule has 28 heavy (non-hydrogen) atoms. The molecule has 4 rings (SSSR count). The second kappa shape index (κ2) is 6.85. The largest absolute Gasteiger partial charge is 0.417 e. The van der Waals surface area contributed by atoms with Crippen LogP contribution in [0.5, 0.6) is 0 Å². The van der Waals surface area contributed by atoms with Gasteiger partial charge in [-0.15, -0.1) is 21.5 Å². The molecule has 0 spiro atoms. The van der Waals surface area contributed by atoms with E-state index >= 15 is 0 Å². The molecule has 1 aliphatic rings. The summed E-state index contributed by atoms with van der Waals surface area (Å²) in [6, 6.07) is 3.41. The lowest BCUT2D eigenvalue weighted by Crippen LogP contribution is -2.46. The second-order valence-electron chi connectivity index (χ2n) is 6.38. The van der Waals surface area contributed by atoms with Crippen molar-refractivity contribution >= 4 is 28.8 Å². The Kier molecular flexibility index (Phi) is 4.62. The lowest BCUT2D eigenvalue weighted by Gasteiger charge is -2.34. The highest BCUT2D eigenvalue weighted by atomic mass is 35.5. The zero-order valence-corrected chi connectivity index (χ0v) is 16.0. The van der Waals surface area contributed by atoms with Gasteiger partial charge in [-0.25, -0.2) is 0 Å². The highest BCUT2D eigenvalue weighted by Crippen LogP contribution is 2.37. The Labute approximate surface area is 166 Å². The van der Waals surface area contributed by atoms with Crippen molar-refractivity contribution in [2.75, 3.05) is 0 Å². The van der Waals surface area contributed by atoms with Crippen LogP contribution < -0.4 is 0 Å². The summed E-state index contributed by atoms with van der Waals surface area (Å²) in [5, 5.41) is 7.68. The van der Waals surface area contributed by atoms with Crippen molar-refractivity contribution in [2.45, 2.75) is 32.2 Å². The molecule has 0 saturated carbocycles. The molecule has 0 radical (unpaired) electrons. The maximum atomic E-state index is 13.1. The first-order valence-corrected chi connectivity index (χ1v) is 9.50. The van der Waals surface area contributed by atoms with E-state index in [0.717, 1.165) is 10.9 Å². The monoisotopic (exact) mass is 427 g/mol. The van der Waals surface area contributed by atoms with Gasteiger partial charge >= 0.3 is 6.18 Å². The number of rotatable bonds is 3. The normalized spacial score (nSPS) is 17.1. The number of benzene rings is 1. The third kappa shape index (κ3) is 3.16. The number of amides is 1. The smallest absolute Gasteiger partial charge is 0.327 e. The summed E-state index contributed by atoms with van der Waals surface area (Å²) in [4.78, 5) is 19.2. The number of aromatic nitrogens is 4. The van der Waals surface area contributed by atoms with Crippen molar-refractivity contribution in [3.8, 4) is 10.7 Å². The van der Waals surface area contributed by atoms with Crippen molar-refractivity contribution < 1.29 is 18.0 Å². The lowest BCUT2D eigenvalue weighted by molar-refractivity contribution is -0.137. The van der Waals surface area contributed by atoms with Crippen LogP contribution in [-0.4, -0.2) is 36.6 Å². The SMILES string of the molecule is CC1Cn2c(nnc2-c2cncs2)C(=O)N1Cc1cccc(C(F)(F)F)c1Cl. The standard InChI is InChI=1S/C17H13ClF3N5OS/c1-9-6-26-14(12-5-22-8-28-12)23-24-15(26)16(27)25(9)7-10-3-2-4-11(13(10)18)17(19,20)21/h2-5,8-9H,6-7H2,1H3. The van der Waals surface area contributed by atoms with Crippen molar-refractivity contribution in [3.05, 3.63) is 51.9 Å². The molecule has 0 N–H and O–H groups in total. The summed E-state index contributed by atoms with van der Waals surface area (Å²) < 4.78 is 41.0. The van der Waals surface area contributed by atoms with Crippen molar-refractivity contribution in [3.63, 3.8) is 0 Å². The van der Waals surface area contributed by atoms with E-state index in [-0.39, 0.29) is 24.0 Å². The van der Waals surface area contributed by atoms with Gasteiger partial charge in [0.25, 0.3) is 5.91 Å². The number of carbonyl (C=O) groups is 1. The average Bonchev–Trinajstić information content (AvgIpc) is 3.28. The predicted octanol–water partition coefficient (Wildman–Crippen LogP) is 4.12. The fourth-order valence-electron chi connectivity index (χ4n) is 3.17. The molecule has 1 aliphatic heterocycles. The molecular weight excluding hydrogens is 415 g/mol. The van der Waals surface area contributed by atoms with Crippen LogP contribution in [0.4, 0.5) is 13.2 Å². The van der Waals surface area contributed by atoms with E-state index in [1.54, 1.807) is 16.3 Å². The first kappa shape index (κ1) is 18.9. The molecule has 3 heterocycles. The van der Waals surface area contributed by atoms with Crippen LogP contribution in [0.15, 0.2) is 29.9 Å². The van der Waals surface area contributed by atoms with Gasteiger partial charge in [0.05, 0.1) is 21.0 Å². The van der Waals surface area contributed by atoms with Crippen LogP contribution in [0.3, 0.4) is 0 Å². The minimum absolute atomic E-state index is 0.0501. The Hall–Kier alpha value is -2.46. The predicted molar refractivity (Wildman–Crippen MR) is 96.9 cm³/mol. The van der Waals surface area contributed by atoms with Crippen molar-refractivity contribution in [2.24, 2.45) is 0 Å². The first-order valence-electron chi connectivity index (χ1n) is 8.25. The number of hydrogen-bond donors (Lipinski definition) is 0. The number of alkyl halides is 3. The molecular formula is C17H13ClF3N5OS. The Bertz CT molecular complexity index is 1030. The summed E-state index contributed by atoms with van der Waals surface area (Å²) in [7, 11) is 0.